The minimum absolute atomic E-state index is 0. The van der Waals surface area contributed by atoms with Crippen LogP contribution >= 0.6 is 19.7 Å². The second-order valence-electron chi connectivity index (χ2n) is 0.136. The van der Waals surface area contributed by atoms with Gasteiger partial charge in [-0.2, -0.15) is 0 Å². The monoisotopic (exact) mass is 216 g/mol. The van der Waals surface area contributed by atoms with Gasteiger partial charge in [-0.1, -0.05) is 0 Å². The van der Waals surface area contributed by atoms with Gasteiger partial charge in [0, 0.05) is 0 Å². The number of hydrogen-bond donors (Lipinski definition) is 0. The summed E-state index contributed by atoms with van der Waals surface area (Å²) in [6, 6.07) is 0. The van der Waals surface area contributed by atoms with Gasteiger partial charge < -0.3 is 23.3 Å². The van der Waals surface area contributed by atoms with E-state index in [0.29, 0.717) is 0 Å². The van der Waals surface area contributed by atoms with Crippen LogP contribution in [0.25, 0.3) is 0 Å². The largest absolute Gasteiger partial charge is 2.00 e. The van der Waals surface area contributed by atoms with Gasteiger partial charge in [0.05, 0.1) is 0 Å². The Hall–Kier alpha value is 2.88. The van der Waals surface area contributed by atoms with E-state index in [1.54, 1.807) is 0 Å². The molecule has 26 valence electrons. The van der Waals surface area contributed by atoms with Crippen molar-refractivity contribution in [3.05, 3.63) is 0 Å². The smallest absolute Gasteiger partial charge is 0.709 e. The molecule has 0 radical (unpaired) electrons. The molecular formula is S4Sr. The van der Waals surface area contributed by atoms with Gasteiger partial charge >= 0.3 is 45.5 Å². The van der Waals surface area contributed by atoms with Gasteiger partial charge in [-0.25, -0.2) is 0 Å². The minimum Gasteiger partial charge on any atom is -0.709 e. The Bertz CT molecular complexity index is 5.61. The molecule has 0 aromatic carbocycles. The standard InChI is InChI=1S/H2S4.Sr/c1-3-4-2;/h1-2H;/q;+2/p-2. The first-order chi connectivity index (χ1) is 1.91. The molecule has 0 aliphatic rings. The van der Waals surface area contributed by atoms with E-state index in [0.717, 1.165) is 0 Å². The molecular weight excluding hydrogens is 216 g/mol. The zero-order valence-electron chi connectivity index (χ0n) is 2.34. The fourth-order valence-electron chi connectivity index (χ4n) is 0. The van der Waals surface area contributed by atoms with Gasteiger partial charge in [0.2, 0.25) is 0 Å². The fraction of sp³-hybridized carbons (Fsp3) is 0. The van der Waals surface area contributed by atoms with Crippen molar-refractivity contribution in [2.45, 2.75) is 0 Å². The average Bonchev–Trinajstić information content (AvgIpc) is 1.37. The second-order valence-corrected chi connectivity index (χ2v) is 3.67. The summed E-state index contributed by atoms with van der Waals surface area (Å²) in [6.45, 7) is 0. The Balaban J connectivity index is 0. The summed E-state index contributed by atoms with van der Waals surface area (Å²) in [6.07, 6.45) is 0. The quantitative estimate of drug-likeness (QED) is 0.362. The van der Waals surface area contributed by atoms with Crippen LogP contribution in [-0.4, -0.2) is 45.5 Å². The van der Waals surface area contributed by atoms with Crippen molar-refractivity contribution in [1.82, 2.24) is 0 Å². The van der Waals surface area contributed by atoms with E-state index in [4.69, 9.17) is 0 Å². The summed E-state index contributed by atoms with van der Waals surface area (Å²) < 4.78 is 0. The van der Waals surface area contributed by atoms with E-state index in [1.165, 1.54) is 19.7 Å². The molecule has 0 rings (SSSR count). The molecule has 0 bridgehead atoms. The number of hydrogen-bond acceptors (Lipinski definition) is 4. The van der Waals surface area contributed by atoms with Gasteiger partial charge in [-0.3, -0.25) is 19.7 Å². The average molecular weight is 216 g/mol. The van der Waals surface area contributed by atoms with Gasteiger partial charge in [0.15, 0.2) is 0 Å². The number of rotatable bonds is 1. The Morgan fingerprint density at radius 2 is 1.20 bits per heavy atom. The summed E-state index contributed by atoms with van der Waals surface area (Å²) in [5.41, 5.74) is 0. The van der Waals surface area contributed by atoms with Crippen LogP contribution in [0.15, 0.2) is 0 Å². The first-order valence-electron chi connectivity index (χ1n) is 0.500. The SMILES string of the molecule is [S-]SS[S-].[Sr+2]. The van der Waals surface area contributed by atoms with E-state index in [-0.39, 0.29) is 45.5 Å². The van der Waals surface area contributed by atoms with E-state index in [9.17, 15) is 0 Å². The van der Waals surface area contributed by atoms with Crippen LogP contribution in [0.5, 0.6) is 0 Å². The zero-order valence-corrected chi connectivity index (χ0v) is 9.08. The zero-order chi connectivity index (χ0) is 3.41. The van der Waals surface area contributed by atoms with Crippen molar-refractivity contribution < 1.29 is 0 Å². The molecule has 0 amide bonds. The van der Waals surface area contributed by atoms with Gasteiger partial charge in [-0.15, -0.1) is 0 Å². The fourth-order valence-corrected chi connectivity index (χ4v) is 0. The van der Waals surface area contributed by atoms with Crippen LogP contribution < -0.4 is 0 Å². The molecule has 0 nitrogen and oxygen atoms in total. The van der Waals surface area contributed by atoms with E-state index >= 15 is 0 Å². The van der Waals surface area contributed by atoms with Crippen molar-refractivity contribution in [3.8, 4) is 0 Å². The summed E-state index contributed by atoms with van der Waals surface area (Å²) in [7, 11) is 2.34. The molecule has 0 fully saturated rings. The maximum atomic E-state index is 4.33. The Morgan fingerprint density at radius 1 is 1.00 bits per heavy atom. The van der Waals surface area contributed by atoms with Crippen molar-refractivity contribution >= 4 is 88.5 Å². The maximum absolute atomic E-state index is 4.33. The minimum atomic E-state index is 0. The van der Waals surface area contributed by atoms with Crippen LogP contribution in [0.1, 0.15) is 0 Å². The van der Waals surface area contributed by atoms with Gasteiger partial charge in [0.1, 0.15) is 0 Å². The molecule has 0 aromatic rings. The molecule has 0 aromatic heterocycles. The van der Waals surface area contributed by atoms with Crippen molar-refractivity contribution in [2.75, 3.05) is 0 Å². The van der Waals surface area contributed by atoms with Crippen LogP contribution in [-0.2, 0) is 23.3 Å². The third-order valence-electron chi connectivity index (χ3n) is 0.0278. The molecule has 5 heavy (non-hydrogen) atoms. The van der Waals surface area contributed by atoms with Crippen LogP contribution in [0, 0.1) is 0 Å². The van der Waals surface area contributed by atoms with Crippen molar-refractivity contribution in [1.29, 1.82) is 0 Å². The van der Waals surface area contributed by atoms with Crippen LogP contribution in [0.4, 0.5) is 0 Å². The van der Waals surface area contributed by atoms with E-state index < -0.39 is 0 Å². The van der Waals surface area contributed by atoms with Gasteiger partial charge in [-0.05, 0) is 0 Å². The molecule has 0 heterocycles. The van der Waals surface area contributed by atoms with Gasteiger partial charge in [0.25, 0.3) is 0 Å². The van der Waals surface area contributed by atoms with Crippen LogP contribution in [0.2, 0.25) is 0 Å². The van der Waals surface area contributed by atoms with Crippen molar-refractivity contribution in [2.24, 2.45) is 0 Å². The normalized spacial score (nSPS) is 6.00. The maximum Gasteiger partial charge on any atom is 2.00 e. The first kappa shape index (κ1) is 10.8. The molecule has 0 aliphatic heterocycles. The second kappa shape index (κ2) is 9.99. The third-order valence-corrected chi connectivity index (χ3v) is 2.25. The molecule has 0 unspecified atom stereocenters. The summed E-state index contributed by atoms with van der Waals surface area (Å²) in [5.74, 6) is 0. The Morgan fingerprint density at radius 3 is 1.20 bits per heavy atom. The molecule has 0 saturated heterocycles. The first-order valence-corrected chi connectivity index (χ1v) is 4.50. The predicted octanol–water partition coefficient (Wildman–Crippen LogP) is 0.911. The summed E-state index contributed by atoms with van der Waals surface area (Å²) in [5, 5.41) is 0. The Labute approximate surface area is 86.5 Å². The third kappa shape index (κ3) is 10.9. The molecule has 0 spiro atoms. The molecule has 5 heteroatoms. The van der Waals surface area contributed by atoms with Crippen LogP contribution in [0.3, 0.4) is 0 Å². The Kier molecular flexibility index (Phi) is 21.6. The molecule has 0 atom stereocenters. The topological polar surface area (TPSA) is 0 Å². The summed E-state index contributed by atoms with van der Waals surface area (Å²) >= 11 is 8.66. The van der Waals surface area contributed by atoms with E-state index in [1.807, 2.05) is 0 Å². The molecule has 0 saturated carbocycles. The predicted molar refractivity (Wildman–Crippen MR) is 35.7 cm³/mol. The van der Waals surface area contributed by atoms with Crippen molar-refractivity contribution in [3.63, 3.8) is 0 Å². The summed E-state index contributed by atoms with van der Waals surface area (Å²) in [4.78, 5) is 0. The van der Waals surface area contributed by atoms with E-state index in [2.05, 4.69) is 23.3 Å². The molecule has 0 N–H and O–H groups in total. The molecule has 0 aliphatic carbocycles.